The van der Waals surface area contributed by atoms with Crippen molar-refractivity contribution >= 4 is 35.5 Å². The zero-order valence-corrected chi connectivity index (χ0v) is 28.9. The molecule has 1 saturated heterocycles. The number of hydrogen-bond acceptors (Lipinski definition) is 0. The van der Waals surface area contributed by atoms with Crippen LogP contribution in [0.5, 0.6) is 0 Å². The van der Waals surface area contributed by atoms with Gasteiger partial charge in [0.1, 0.15) is 0 Å². The molecule has 0 N–H and O–H groups in total. The molecule has 0 bridgehead atoms. The molecule has 5 unspecified atom stereocenters. The van der Waals surface area contributed by atoms with Crippen LogP contribution in [0.2, 0.25) is 60.4 Å². The second-order valence-corrected chi connectivity index (χ2v) is 68.2. The van der Waals surface area contributed by atoms with E-state index in [4.69, 9.17) is 0 Å². The van der Waals surface area contributed by atoms with Crippen LogP contribution in [-0.2, 0) is 0 Å². The molecule has 180 valence electrons. The standard InChI is InChI=1S/C25H60Si5/c1-16-21(6)26(11)27(12,22(7)17-2)29(14,24(9)19-4)30(15,25(10)20-5)28(26,13)23(8)18-3/h21-25H,16-20H2,1-15H3. The van der Waals surface area contributed by atoms with Crippen molar-refractivity contribution in [3.8, 4) is 0 Å². The average molecular weight is 501 g/mol. The van der Waals surface area contributed by atoms with Crippen molar-refractivity contribution in [3.05, 3.63) is 0 Å². The maximum Gasteiger partial charge on any atom is 0.0375 e. The largest absolute Gasteiger partial charge is 0.0731 e. The smallest absolute Gasteiger partial charge is 0.0375 e. The van der Waals surface area contributed by atoms with Crippen LogP contribution >= 0.6 is 0 Å². The molecule has 1 rings (SSSR count). The van der Waals surface area contributed by atoms with Gasteiger partial charge < -0.3 is 0 Å². The molecule has 0 radical (unpaired) electrons. The van der Waals surface area contributed by atoms with Crippen LogP contribution in [0.4, 0.5) is 0 Å². The molecular formula is C25H60Si5. The quantitative estimate of drug-likeness (QED) is 0.262. The molecule has 0 aromatic carbocycles. The van der Waals surface area contributed by atoms with Gasteiger partial charge in [-0.25, -0.2) is 0 Å². The van der Waals surface area contributed by atoms with Gasteiger partial charge in [0, 0.05) is 35.5 Å². The lowest BCUT2D eigenvalue weighted by atomic mass is 10.4. The van der Waals surface area contributed by atoms with Crippen molar-refractivity contribution in [1.82, 2.24) is 0 Å². The molecule has 0 nitrogen and oxygen atoms in total. The van der Waals surface area contributed by atoms with Crippen molar-refractivity contribution in [2.75, 3.05) is 0 Å². The van der Waals surface area contributed by atoms with Crippen LogP contribution in [0.15, 0.2) is 0 Å². The highest BCUT2D eigenvalue weighted by atomic mass is 30.2. The van der Waals surface area contributed by atoms with Crippen molar-refractivity contribution < 1.29 is 0 Å². The third-order valence-corrected chi connectivity index (χ3v) is 141. The minimum absolute atomic E-state index is 1.04. The van der Waals surface area contributed by atoms with Crippen molar-refractivity contribution in [3.63, 3.8) is 0 Å². The molecule has 0 spiro atoms. The van der Waals surface area contributed by atoms with E-state index in [0.717, 1.165) is 27.7 Å². The van der Waals surface area contributed by atoms with Crippen molar-refractivity contribution in [2.24, 2.45) is 0 Å². The summed E-state index contributed by atoms with van der Waals surface area (Å²) < 4.78 is 0. The van der Waals surface area contributed by atoms with Crippen molar-refractivity contribution in [2.45, 2.75) is 162 Å². The van der Waals surface area contributed by atoms with E-state index in [0.29, 0.717) is 0 Å². The molecule has 1 heterocycles. The molecule has 5 atom stereocenters. The Bertz CT molecular complexity index is 448. The fourth-order valence-corrected chi connectivity index (χ4v) is 240. The lowest BCUT2D eigenvalue weighted by Gasteiger charge is -2.58. The third-order valence-electron chi connectivity index (χ3n) is 13.4. The van der Waals surface area contributed by atoms with Gasteiger partial charge in [-0.3, -0.25) is 0 Å². The summed E-state index contributed by atoms with van der Waals surface area (Å²) in [7, 11) is -6.96. The highest BCUT2D eigenvalue weighted by molar-refractivity contribution is 8.14. The Balaban J connectivity index is 4.37. The summed E-state index contributed by atoms with van der Waals surface area (Å²) in [5, 5.41) is 0. The minimum Gasteiger partial charge on any atom is -0.0731 e. The van der Waals surface area contributed by atoms with Crippen LogP contribution in [0, 0.1) is 0 Å². The minimum atomic E-state index is -1.39. The van der Waals surface area contributed by atoms with Gasteiger partial charge in [0.15, 0.2) is 0 Å². The van der Waals surface area contributed by atoms with Gasteiger partial charge in [0.25, 0.3) is 0 Å². The molecule has 0 saturated carbocycles. The first kappa shape index (κ1) is 29.1. The first-order valence-corrected chi connectivity index (χ1v) is 31.5. The van der Waals surface area contributed by atoms with Gasteiger partial charge in [-0.1, -0.05) is 162 Å². The topological polar surface area (TPSA) is 0 Å². The van der Waals surface area contributed by atoms with Gasteiger partial charge in [-0.15, -0.1) is 0 Å². The first-order chi connectivity index (χ1) is 13.7. The predicted molar refractivity (Wildman–Crippen MR) is 157 cm³/mol. The molecule has 5 heteroatoms. The molecule has 1 aliphatic rings. The van der Waals surface area contributed by atoms with Crippen LogP contribution in [0.3, 0.4) is 0 Å². The van der Waals surface area contributed by atoms with E-state index in [1.165, 1.54) is 32.1 Å². The summed E-state index contributed by atoms with van der Waals surface area (Å²) in [6.07, 6.45) is 7.28. The molecule has 0 aliphatic carbocycles. The second-order valence-electron chi connectivity index (χ2n) is 12.6. The first-order valence-electron chi connectivity index (χ1n) is 13.7. The van der Waals surface area contributed by atoms with E-state index < -0.39 is 35.5 Å². The maximum atomic E-state index is 3.09. The lowest BCUT2D eigenvalue weighted by Crippen LogP contribution is -2.77. The van der Waals surface area contributed by atoms with E-state index in [2.05, 4.69) is 102 Å². The summed E-state index contributed by atoms with van der Waals surface area (Å²) in [6, 6.07) is 0. The fourth-order valence-electron chi connectivity index (χ4n) is 9.86. The van der Waals surface area contributed by atoms with Gasteiger partial charge in [-0.05, 0) is 0 Å². The monoisotopic (exact) mass is 500 g/mol. The SMILES string of the molecule is CCC(C)[Si]1(C)[Si](C)(C(C)CC)[Si](C)(C(C)CC)[Si](C)(C(C)CC)[Si]1(C)C(C)CC. The number of hydrogen-bond donors (Lipinski definition) is 0. The molecule has 0 amide bonds. The molecule has 0 aromatic heterocycles. The zero-order chi connectivity index (χ0) is 23.9. The molecule has 30 heavy (non-hydrogen) atoms. The van der Waals surface area contributed by atoms with Crippen LogP contribution in [0.25, 0.3) is 0 Å². The second kappa shape index (κ2) is 9.75. The molecular weight excluding hydrogens is 441 g/mol. The Kier molecular flexibility index (Phi) is 9.46. The van der Waals surface area contributed by atoms with Gasteiger partial charge in [-0.2, -0.15) is 0 Å². The third kappa shape index (κ3) is 3.10. The summed E-state index contributed by atoms with van der Waals surface area (Å²) in [6.45, 7) is 42.1. The number of rotatable bonds is 10. The summed E-state index contributed by atoms with van der Waals surface area (Å²) in [4.78, 5) is 0. The Morgan fingerprint density at radius 2 is 0.433 bits per heavy atom. The summed E-state index contributed by atoms with van der Waals surface area (Å²) >= 11 is 0. The lowest BCUT2D eigenvalue weighted by molar-refractivity contribution is 0.821. The predicted octanol–water partition coefficient (Wildman–Crippen LogP) is 9.79. The van der Waals surface area contributed by atoms with Gasteiger partial charge in [0.2, 0.25) is 0 Å². The average Bonchev–Trinajstić information content (AvgIpc) is 2.86. The van der Waals surface area contributed by atoms with E-state index in [9.17, 15) is 0 Å². The zero-order valence-electron chi connectivity index (χ0n) is 23.9. The summed E-state index contributed by atoms with van der Waals surface area (Å²) in [5.74, 6) is 0. The Morgan fingerprint density at radius 1 is 0.333 bits per heavy atom. The molecule has 1 aliphatic heterocycles. The van der Waals surface area contributed by atoms with E-state index >= 15 is 0 Å². The highest BCUT2D eigenvalue weighted by Crippen LogP contribution is 2.68. The maximum absolute atomic E-state index is 3.09. The molecule has 1 fully saturated rings. The fraction of sp³-hybridized carbons (Fsp3) is 1.00. The van der Waals surface area contributed by atoms with Crippen LogP contribution < -0.4 is 0 Å². The highest BCUT2D eigenvalue weighted by Gasteiger charge is 2.86. The Labute approximate surface area is 196 Å². The van der Waals surface area contributed by atoms with E-state index in [1.54, 1.807) is 0 Å². The van der Waals surface area contributed by atoms with Crippen LogP contribution in [-0.4, -0.2) is 35.5 Å². The van der Waals surface area contributed by atoms with Gasteiger partial charge >= 0.3 is 0 Å². The van der Waals surface area contributed by atoms with E-state index in [1.807, 2.05) is 0 Å². The normalized spacial score (nSPS) is 44.5. The molecule has 0 aromatic rings. The summed E-state index contributed by atoms with van der Waals surface area (Å²) in [5.41, 5.74) is 5.22. The van der Waals surface area contributed by atoms with Crippen molar-refractivity contribution in [1.29, 1.82) is 0 Å². The van der Waals surface area contributed by atoms with Crippen LogP contribution in [0.1, 0.15) is 101 Å². The van der Waals surface area contributed by atoms with Gasteiger partial charge in [0.05, 0.1) is 0 Å². The Morgan fingerprint density at radius 3 is 0.500 bits per heavy atom. The van der Waals surface area contributed by atoms with E-state index in [-0.39, 0.29) is 0 Å². The Hall–Kier alpha value is 1.08.